The monoisotopic (exact) mass is 266 g/mol. The van der Waals surface area contributed by atoms with Gasteiger partial charge in [-0.2, -0.15) is 0 Å². The Bertz CT molecular complexity index is 731. The predicted molar refractivity (Wildman–Crippen MR) is 81.9 cm³/mol. The van der Waals surface area contributed by atoms with Crippen LogP contribution in [0.4, 0.5) is 5.69 Å². The third-order valence-electron chi connectivity index (χ3n) is 3.45. The molecule has 0 radical (unpaired) electrons. The molecule has 1 aromatic carbocycles. The topological polar surface area (TPSA) is 38.1 Å². The van der Waals surface area contributed by atoms with Gasteiger partial charge in [0.1, 0.15) is 11.3 Å². The van der Waals surface area contributed by atoms with E-state index in [1.54, 1.807) is 0 Å². The largest absolute Gasteiger partial charge is 0.461 e. The number of anilines is 1. The van der Waals surface area contributed by atoms with Crippen LogP contribution in [0.3, 0.4) is 0 Å². The van der Waals surface area contributed by atoms with Gasteiger partial charge in [0, 0.05) is 36.3 Å². The van der Waals surface area contributed by atoms with Crippen molar-refractivity contribution in [2.45, 2.75) is 26.8 Å². The Balaban J connectivity index is 1.90. The molecule has 0 bridgehead atoms. The average molecular weight is 266 g/mol. The second kappa shape index (κ2) is 5.37. The maximum absolute atomic E-state index is 5.90. The van der Waals surface area contributed by atoms with E-state index in [1.165, 1.54) is 10.9 Å². The van der Waals surface area contributed by atoms with Crippen LogP contribution >= 0.6 is 0 Å². The number of nitrogens with one attached hydrogen (secondary N) is 1. The molecule has 0 atom stereocenters. The lowest BCUT2D eigenvalue weighted by Gasteiger charge is -2.07. The van der Waals surface area contributed by atoms with Gasteiger partial charge in [0.25, 0.3) is 0 Å². The Hall–Kier alpha value is -2.29. The first-order valence-electron chi connectivity index (χ1n) is 6.92. The summed E-state index contributed by atoms with van der Waals surface area (Å²) in [5.74, 6) is 1.05. The summed E-state index contributed by atoms with van der Waals surface area (Å²) in [6.45, 7) is 4.92. The van der Waals surface area contributed by atoms with E-state index in [1.807, 2.05) is 31.5 Å². The molecule has 3 aromatic rings. The molecule has 2 heterocycles. The quantitative estimate of drug-likeness (QED) is 0.764. The summed E-state index contributed by atoms with van der Waals surface area (Å²) in [6, 6.07) is 10.3. The van der Waals surface area contributed by atoms with E-state index >= 15 is 0 Å². The fourth-order valence-electron chi connectivity index (χ4n) is 2.47. The van der Waals surface area contributed by atoms with Crippen molar-refractivity contribution >= 4 is 16.7 Å². The first-order chi connectivity index (χ1) is 9.78. The smallest absolute Gasteiger partial charge is 0.134 e. The minimum atomic E-state index is 0.755. The van der Waals surface area contributed by atoms with Gasteiger partial charge in [0.05, 0.1) is 5.69 Å². The lowest BCUT2D eigenvalue weighted by molar-refractivity contribution is 0.551. The predicted octanol–water partition coefficient (Wildman–Crippen LogP) is 4.31. The maximum atomic E-state index is 5.90. The normalized spacial score (nSPS) is 10.9. The highest BCUT2D eigenvalue weighted by Gasteiger charge is 2.11. The third kappa shape index (κ3) is 2.39. The zero-order valence-corrected chi connectivity index (χ0v) is 11.8. The van der Waals surface area contributed by atoms with Crippen molar-refractivity contribution in [3.8, 4) is 0 Å². The molecule has 0 aliphatic heterocycles. The number of rotatable bonds is 4. The van der Waals surface area contributed by atoms with Crippen molar-refractivity contribution in [2.75, 3.05) is 5.32 Å². The summed E-state index contributed by atoms with van der Waals surface area (Å²) >= 11 is 0. The van der Waals surface area contributed by atoms with Crippen LogP contribution in [0, 0.1) is 6.92 Å². The molecular formula is C17H18N2O. The van der Waals surface area contributed by atoms with Crippen molar-refractivity contribution in [3.05, 3.63) is 59.6 Å². The third-order valence-corrected chi connectivity index (χ3v) is 3.45. The Morgan fingerprint density at radius 2 is 2.05 bits per heavy atom. The number of aromatic nitrogens is 1. The van der Waals surface area contributed by atoms with E-state index in [0.717, 1.165) is 35.6 Å². The van der Waals surface area contributed by atoms with Crippen LogP contribution < -0.4 is 5.32 Å². The van der Waals surface area contributed by atoms with Gasteiger partial charge in [0.15, 0.2) is 0 Å². The number of para-hydroxylation sites is 1. The first-order valence-corrected chi connectivity index (χ1v) is 6.92. The lowest BCUT2D eigenvalue weighted by Crippen LogP contribution is -2.01. The Morgan fingerprint density at radius 3 is 2.85 bits per heavy atom. The summed E-state index contributed by atoms with van der Waals surface area (Å²) in [5.41, 5.74) is 4.40. The minimum absolute atomic E-state index is 0.755. The summed E-state index contributed by atoms with van der Waals surface area (Å²) in [6.07, 6.45) is 4.61. The molecule has 3 heteroatoms. The van der Waals surface area contributed by atoms with Gasteiger partial charge in [-0.3, -0.25) is 4.98 Å². The summed E-state index contributed by atoms with van der Waals surface area (Å²) < 4.78 is 5.90. The van der Waals surface area contributed by atoms with Gasteiger partial charge < -0.3 is 9.73 Å². The zero-order valence-electron chi connectivity index (χ0n) is 11.8. The van der Waals surface area contributed by atoms with Gasteiger partial charge in [-0.05, 0) is 24.6 Å². The SMILES string of the molecule is CCc1oc2ccccc2c1CNc1cncc(C)c1. The van der Waals surface area contributed by atoms with Gasteiger partial charge >= 0.3 is 0 Å². The molecule has 0 aliphatic carbocycles. The van der Waals surface area contributed by atoms with Crippen molar-refractivity contribution in [3.63, 3.8) is 0 Å². The number of nitrogens with zero attached hydrogens (tertiary/aromatic N) is 1. The van der Waals surface area contributed by atoms with E-state index in [2.05, 4.69) is 35.4 Å². The molecule has 0 fully saturated rings. The standard InChI is InChI=1S/C17H18N2O/c1-3-16-15(14-6-4-5-7-17(14)20-16)11-19-13-8-12(2)9-18-10-13/h4-10,19H,3,11H2,1-2H3. The van der Waals surface area contributed by atoms with Crippen LogP contribution in [-0.2, 0) is 13.0 Å². The number of furan rings is 1. The highest BCUT2D eigenvalue weighted by molar-refractivity contribution is 5.82. The molecule has 0 saturated carbocycles. The van der Waals surface area contributed by atoms with Crippen LogP contribution in [0.5, 0.6) is 0 Å². The lowest BCUT2D eigenvalue weighted by atomic mass is 10.1. The van der Waals surface area contributed by atoms with Crippen molar-refractivity contribution in [1.29, 1.82) is 0 Å². The molecule has 0 saturated heterocycles. The molecule has 0 aliphatic rings. The number of benzene rings is 1. The van der Waals surface area contributed by atoms with Crippen molar-refractivity contribution < 1.29 is 4.42 Å². The van der Waals surface area contributed by atoms with Gasteiger partial charge in [-0.15, -0.1) is 0 Å². The van der Waals surface area contributed by atoms with Gasteiger partial charge in [-0.1, -0.05) is 25.1 Å². The van der Waals surface area contributed by atoms with E-state index < -0.39 is 0 Å². The van der Waals surface area contributed by atoms with Gasteiger partial charge in [0.2, 0.25) is 0 Å². The molecular weight excluding hydrogens is 248 g/mol. The summed E-state index contributed by atoms with van der Waals surface area (Å²) in [5, 5.41) is 4.62. The molecule has 1 N–H and O–H groups in total. The summed E-state index contributed by atoms with van der Waals surface area (Å²) in [4.78, 5) is 4.20. The molecule has 20 heavy (non-hydrogen) atoms. The Labute approximate surface area is 118 Å². The molecule has 102 valence electrons. The van der Waals surface area contributed by atoms with E-state index in [0.29, 0.717) is 0 Å². The number of hydrogen-bond acceptors (Lipinski definition) is 3. The number of pyridine rings is 1. The van der Waals surface area contributed by atoms with Crippen LogP contribution in [0.1, 0.15) is 23.8 Å². The Morgan fingerprint density at radius 1 is 1.20 bits per heavy atom. The van der Waals surface area contributed by atoms with Crippen LogP contribution in [0.15, 0.2) is 47.1 Å². The molecule has 0 amide bonds. The molecule has 0 spiro atoms. The van der Waals surface area contributed by atoms with E-state index in [4.69, 9.17) is 4.42 Å². The Kier molecular flexibility index (Phi) is 3.42. The second-order valence-electron chi connectivity index (χ2n) is 4.96. The van der Waals surface area contributed by atoms with Crippen molar-refractivity contribution in [1.82, 2.24) is 4.98 Å². The molecule has 0 unspecified atom stereocenters. The highest BCUT2D eigenvalue weighted by Crippen LogP contribution is 2.27. The zero-order chi connectivity index (χ0) is 13.9. The van der Waals surface area contributed by atoms with Crippen molar-refractivity contribution in [2.24, 2.45) is 0 Å². The van der Waals surface area contributed by atoms with Gasteiger partial charge in [-0.25, -0.2) is 0 Å². The number of hydrogen-bond donors (Lipinski definition) is 1. The second-order valence-corrected chi connectivity index (χ2v) is 4.96. The first kappa shape index (κ1) is 12.7. The molecule has 3 rings (SSSR count). The number of aryl methyl sites for hydroxylation is 2. The fraction of sp³-hybridized carbons (Fsp3) is 0.235. The maximum Gasteiger partial charge on any atom is 0.134 e. The van der Waals surface area contributed by atoms with Crippen LogP contribution in [0.25, 0.3) is 11.0 Å². The molecule has 2 aromatic heterocycles. The molecule has 3 nitrogen and oxygen atoms in total. The average Bonchev–Trinajstić information content (AvgIpc) is 2.83. The van der Waals surface area contributed by atoms with E-state index in [-0.39, 0.29) is 0 Å². The number of fused-ring (bicyclic) bond motifs is 1. The van der Waals surface area contributed by atoms with Crippen LogP contribution in [-0.4, -0.2) is 4.98 Å². The van der Waals surface area contributed by atoms with Crippen LogP contribution in [0.2, 0.25) is 0 Å². The fourth-order valence-corrected chi connectivity index (χ4v) is 2.47. The van der Waals surface area contributed by atoms with E-state index in [9.17, 15) is 0 Å². The summed E-state index contributed by atoms with van der Waals surface area (Å²) in [7, 11) is 0. The highest BCUT2D eigenvalue weighted by atomic mass is 16.3. The minimum Gasteiger partial charge on any atom is -0.461 e.